The Balaban J connectivity index is 1.92. The quantitative estimate of drug-likeness (QED) is 0.722. The Labute approximate surface area is 96.7 Å². The number of carbonyl (C=O) groups is 2. The van der Waals surface area contributed by atoms with Crippen LogP contribution in [0, 0.1) is 5.82 Å². The standard InChI is InChI=1S/C11H10FN3O2/c12-8-4-2-1-3-7(8)5-6-13-11-14-9(16)10(17)15-11/h1-4H,5-6H2,(H2,13,14,15,16,17). The van der Waals surface area contributed by atoms with Crippen LogP contribution in [0.4, 0.5) is 4.39 Å². The molecule has 0 aliphatic carbocycles. The molecule has 2 rings (SSSR count). The van der Waals surface area contributed by atoms with Gasteiger partial charge in [-0.15, -0.1) is 0 Å². The summed E-state index contributed by atoms with van der Waals surface area (Å²) in [6.45, 7) is 0.289. The van der Waals surface area contributed by atoms with Crippen molar-refractivity contribution < 1.29 is 14.0 Å². The summed E-state index contributed by atoms with van der Waals surface area (Å²) >= 11 is 0. The van der Waals surface area contributed by atoms with Gasteiger partial charge in [0.05, 0.1) is 0 Å². The summed E-state index contributed by atoms with van der Waals surface area (Å²) in [7, 11) is 0. The van der Waals surface area contributed by atoms with Gasteiger partial charge in [-0.3, -0.25) is 25.2 Å². The molecule has 1 aromatic rings. The number of aliphatic imine (C=N–C) groups is 1. The Hall–Kier alpha value is -2.24. The minimum Gasteiger partial charge on any atom is -0.288 e. The first kappa shape index (κ1) is 11.3. The summed E-state index contributed by atoms with van der Waals surface area (Å²) in [4.78, 5) is 25.6. The van der Waals surface area contributed by atoms with Crippen molar-refractivity contribution in [3.05, 3.63) is 35.6 Å². The van der Waals surface area contributed by atoms with Crippen LogP contribution in [-0.4, -0.2) is 24.3 Å². The molecule has 88 valence electrons. The fraction of sp³-hybridized carbons (Fsp3) is 0.182. The molecular formula is C11H10FN3O2. The number of benzene rings is 1. The Kier molecular flexibility index (Phi) is 3.13. The maximum Gasteiger partial charge on any atom is 0.316 e. The fourth-order valence-corrected chi connectivity index (χ4v) is 1.43. The van der Waals surface area contributed by atoms with Crippen LogP contribution in [0.5, 0.6) is 0 Å². The number of nitrogens with zero attached hydrogens (tertiary/aromatic N) is 1. The normalized spacial score (nSPS) is 14.5. The molecule has 2 amide bonds. The number of nitrogens with one attached hydrogen (secondary N) is 2. The minimum atomic E-state index is -0.727. The molecule has 0 saturated carbocycles. The lowest BCUT2D eigenvalue weighted by molar-refractivity contribution is -0.135. The van der Waals surface area contributed by atoms with Gasteiger partial charge in [-0.25, -0.2) is 4.39 Å². The molecule has 0 radical (unpaired) electrons. The Morgan fingerprint density at radius 1 is 1.12 bits per heavy atom. The van der Waals surface area contributed by atoms with Gasteiger partial charge in [0.1, 0.15) is 5.82 Å². The van der Waals surface area contributed by atoms with E-state index in [-0.39, 0.29) is 18.3 Å². The second-order valence-electron chi connectivity index (χ2n) is 3.48. The van der Waals surface area contributed by atoms with Crippen molar-refractivity contribution in [2.75, 3.05) is 6.54 Å². The second kappa shape index (κ2) is 4.73. The average molecular weight is 235 g/mol. The molecule has 6 heteroatoms. The smallest absolute Gasteiger partial charge is 0.288 e. The summed E-state index contributed by atoms with van der Waals surface area (Å²) in [5, 5.41) is 4.52. The van der Waals surface area contributed by atoms with Gasteiger partial charge in [-0.1, -0.05) is 18.2 Å². The number of guanidine groups is 1. The van der Waals surface area contributed by atoms with E-state index < -0.39 is 11.8 Å². The van der Waals surface area contributed by atoms with Crippen LogP contribution in [0.15, 0.2) is 29.3 Å². The second-order valence-corrected chi connectivity index (χ2v) is 3.48. The van der Waals surface area contributed by atoms with Crippen LogP contribution >= 0.6 is 0 Å². The first-order chi connectivity index (χ1) is 8.16. The van der Waals surface area contributed by atoms with E-state index in [1.54, 1.807) is 18.2 Å². The monoisotopic (exact) mass is 235 g/mol. The third-order valence-electron chi connectivity index (χ3n) is 2.28. The van der Waals surface area contributed by atoms with Gasteiger partial charge < -0.3 is 0 Å². The zero-order valence-electron chi connectivity index (χ0n) is 8.87. The van der Waals surface area contributed by atoms with Crippen molar-refractivity contribution in [3.8, 4) is 0 Å². The predicted molar refractivity (Wildman–Crippen MR) is 58.7 cm³/mol. The lowest BCUT2D eigenvalue weighted by Gasteiger charge is -2.00. The van der Waals surface area contributed by atoms with E-state index in [4.69, 9.17) is 0 Å². The van der Waals surface area contributed by atoms with E-state index in [0.29, 0.717) is 12.0 Å². The molecule has 2 N–H and O–H groups in total. The van der Waals surface area contributed by atoms with Crippen LogP contribution in [0.2, 0.25) is 0 Å². The van der Waals surface area contributed by atoms with E-state index >= 15 is 0 Å². The van der Waals surface area contributed by atoms with E-state index in [1.165, 1.54) is 6.07 Å². The van der Waals surface area contributed by atoms with Crippen LogP contribution in [0.1, 0.15) is 5.56 Å². The third kappa shape index (κ3) is 2.66. The highest BCUT2D eigenvalue weighted by Crippen LogP contribution is 2.06. The first-order valence-electron chi connectivity index (χ1n) is 5.07. The molecule has 0 bridgehead atoms. The van der Waals surface area contributed by atoms with E-state index in [2.05, 4.69) is 15.6 Å². The van der Waals surface area contributed by atoms with Crippen molar-refractivity contribution in [1.82, 2.24) is 10.6 Å². The van der Waals surface area contributed by atoms with Crippen LogP contribution < -0.4 is 10.6 Å². The summed E-state index contributed by atoms with van der Waals surface area (Å²) in [6, 6.07) is 6.40. The maximum absolute atomic E-state index is 13.2. The molecule has 1 aliphatic heterocycles. The number of hydrogen-bond donors (Lipinski definition) is 2. The molecule has 1 aliphatic rings. The predicted octanol–water partition coefficient (Wildman–Crippen LogP) is -0.0298. The van der Waals surface area contributed by atoms with E-state index in [9.17, 15) is 14.0 Å². The Morgan fingerprint density at radius 3 is 2.41 bits per heavy atom. The zero-order chi connectivity index (χ0) is 12.3. The molecule has 1 fully saturated rings. The number of hydrogen-bond acceptors (Lipinski definition) is 3. The van der Waals surface area contributed by atoms with Gasteiger partial charge in [-0.2, -0.15) is 0 Å². The molecule has 1 aromatic carbocycles. The molecule has 17 heavy (non-hydrogen) atoms. The SMILES string of the molecule is O=C1NC(=NCCc2ccccc2F)NC1=O. The maximum atomic E-state index is 13.2. The van der Waals surface area contributed by atoms with Crippen LogP contribution in [0.3, 0.4) is 0 Å². The molecule has 5 nitrogen and oxygen atoms in total. The van der Waals surface area contributed by atoms with Gasteiger partial charge in [0.25, 0.3) is 0 Å². The fourth-order valence-electron chi connectivity index (χ4n) is 1.43. The van der Waals surface area contributed by atoms with Gasteiger partial charge in [0.2, 0.25) is 5.96 Å². The molecule has 0 spiro atoms. The number of amides is 2. The van der Waals surface area contributed by atoms with E-state index in [1.807, 2.05) is 0 Å². The summed E-state index contributed by atoms with van der Waals surface area (Å²) in [5.41, 5.74) is 0.549. The molecule has 0 aromatic heterocycles. The number of rotatable bonds is 3. The minimum absolute atomic E-state index is 0.122. The lowest BCUT2D eigenvalue weighted by Crippen LogP contribution is -2.26. The van der Waals surface area contributed by atoms with Gasteiger partial charge in [0, 0.05) is 6.54 Å². The first-order valence-corrected chi connectivity index (χ1v) is 5.07. The highest BCUT2D eigenvalue weighted by molar-refractivity contribution is 6.45. The topological polar surface area (TPSA) is 70.6 Å². The summed E-state index contributed by atoms with van der Waals surface area (Å²) < 4.78 is 13.2. The van der Waals surface area contributed by atoms with Crippen molar-refractivity contribution in [2.45, 2.75) is 6.42 Å². The summed E-state index contributed by atoms with van der Waals surface area (Å²) in [6.07, 6.45) is 0.405. The molecular weight excluding hydrogens is 225 g/mol. The molecule has 0 atom stereocenters. The average Bonchev–Trinajstić information content (AvgIpc) is 2.61. The summed E-state index contributed by atoms with van der Waals surface area (Å²) in [5.74, 6) is -1.62. The lowest BCUT2D eigenvalue weighted by atomic mass is 10.1. The molecule has 1 saturated heterocycles. The largest absolute Gasteiger partial charge is 0.316 e. The Morgan fingerprint density at radius 2 is 1.76 bits per heavy atom. The molecule has 0 unspecified atom stereocenters. The third-order valence-corrected chi connectivity index (χ3v) is 2.28. The molecule has 1 heterocycles. The van der Waals surface area contributed by atoms with Crippen molar-refractivity contribution >= 4 is 17.8 Å². The van der Waals surface area contributed by atoms with Crippen molar-refractivity contribution in [3.63, 3.8) is 0 Å². The van der Waals surface area contributed by atoms with Crippen molar-refractivity contribution in [2.24, 2.45) is 4.99 Å². The zero-order valence-corrected chi connectivity index (χ0v) is 8.87. The highest BCUT2D eigenvalue weighted by Gasteiger charge is 2.24. The number of halogens is 1. The van der Waals surface area contributed by atoms with Gasteiger partial charge >= 0.3 is 11.8 Å². The van der Waals surface area contributed by atoms with Gasteiger partial charge in [0.15, 0.2) is 0 Å². The van der Waals surface area contributed by atoms with E-state index in [0.717, 1.165) is 0 Å². The number of carbonyl (C=O) groups excluding carboxylic acids is 2. The Bertz CT molecular complexity index is 481. The van der Waals surface area contributed by atoms with Crippen LogP contribution in [0.25, 0.3) is 0 Å². The highest BCUT2D eigenvalue weighted by atomic mass is 19.1. The van der Waals surface area contributed by atoms with Crippen molar-refractivity contribution in [1.29, 1.82) is 0 Å². The van der Waals surface area contributed by atoms with Gasteiger partial charge in [-0.05, 0) is 18.1 Å². The van der Waals surface area contributed by atoms with Crippen LogP contribution in [-0.2, 0) is 16.0 Å².